The first-order valence-electron chi connectivity index (χ1n) is 9.61. The third kappa shape index (κ3) is 5.09. The minimum absolute atomic E-state index is 0.575. The number of hydrogen-bond donors (Lipinski definition) is 2. The standard InChI is InChI=1S/C21H25N5O2/c1-2-5-17(6-3-1)21-24-19(22-8-9-26-10-13-27-14-11-26)15-20(25-21)23-16-18-7-4-12-28-18/h1-7,12,15H,8-11,13-14,16H2,(H2,22,23,24,25). The predicted octanol–water partition coefficient (Wildman–Crippen LogP) is 3.09. The minimum atomic E-state index is 0.575. The first-order valence-corrected chi connectivity index (χ1v) is 9.61. The van der Waals surface area contributed by atoms with E-state index in [-0.39, 0.29) is 0 Å². The van der Waals surface area contributed by atoms with Crippen LogP contribution in [0.25, 0.3) is 11.4 Å². The maximum Gasteiger partial charge on any atom is 0.163 e. The summed E-state index contributed by atoms with van der Waals surface area (Å²) in [4.78, 5) is 11.8. The number of nitrogens with one attached hydrogen (secondary N) is 2. The van der Waals surface area contributed by atoms with E-state index < -0.39 is 0 Å². The Kier molecular flexibility index (Phi) is 6.16. The molecule has 7 nitrogen and oxygen atoms in total. The lowest BCUT2D eigenvalue weighted by atomic mass is 10.2. The molecule has 0 unspecified atom stereocenters. The summed E-state index contributed by atoms with van der Waals surface area (Å²) >= 11 is 0. The van der Waals surface area contributed by atoms with E-state index in [1.807, 2.05) is 48.5 Å². The fourth-order valence-corrected chi connectivity index (χ4v) is 3.10. The maximum atomic E-state index is 5.40. The zero-order valence-corrected chi connectivity index (χ0v) is 15.8. The van der Waals surface area contributed by atoms with E-state index in [0.717, 1.165) is 62.4 Å². The first kappa shape index (κ1) is 18.5. The Labute approximate surface area is 164 Å². The molecule has 0 spiro atoms. The molecule has 3 heterocycles. The van der Waals surface area contributed by atoms with Crippen molar-refractivity contribution in [2.45, 2.75) is 6.54 Å². The molecule has 1 aliphatic heterocycles. The fraction of sp³-hybridized carbons (Fsp3) is 0.333. The summed E-state index contributed by atoms with van der Waals surface area (Å²) in [5, 5.41) is 6.76. The van der Waals surface area contributed by atoms with Crippen molar-refractivity contribution >= 4 is 11.6 Å². The van der Waals surface area contributed by atoms with Crippen molar-refractivity contribution in [2.75, 3.05) is 50.0 Å². The monoisotopic (exact) mass is 379 g/mol. The molecular formula is C21H25N5O2. The fourth-order valence-electron chi connectivity index (χ4n) is 3.10. The van der Waals surface area contributed by atoms with Crippen LogP contribution >= 0.6 is 0 Å². The van der Waals surface area contributed by atoms with Crippen LogP contribution in [0.3, 0.4) is 0 Å². The van der Waals surface area contributed by atoms with Crippen molar-refractivity contribution in [1.82, 2.24) is 14.9 Å². The van der Waals surface area contributed by atoms with E-state index in [1.165, 1.54) is 0 Å². The Balaban J connectivity index is 1.46. The lowest BCUT2D eigenvalue weighted by Crippen LogP contribution is -2.39. The van der Waals surface area contributed by atoms with E-state index in [4.69, 9.17) is 14.1 Å². The highest BCUT2D eigenvalue weighted by molar-refractivity contribution is 5.61. The summed E-state index contributed by atoms with van der Waals surface area (Å²) in [5.74, 6) is 3.13. The second kappa shape index (κ2) is 9.34. The number of morpholine rings is 1. The third-order valence-electron chi connectivity index (χ3n) is 4.62. The Bertz CT molecular complexity index is 848. The number of aromatic nitrogens is 2. The molecule has 7 heteroatoms. The van der Waals surface area contributed by atoms with E-state index in [9.17, 15) is 0 Å². The van der Waals surface area contributed by atoms with Gasteiger partial charge < -0.3 is 19.8 Å². The van der Waals surface area contributed by atoms with Crippen LogP contribution in [-0.4, -0.2) is 54.3 Å². The van der Waals surface area contributed by atoms with Crippen molar-refractivity contribution in [2.24, 2.45) is 0 Å². The van der Waals surface area contributed by atoms with Crippen LogP contribution < -0.4 is 10.6 Å². The lowest BCUT2D eigenvalue weighted by Gasteiger charge is -2.26. The minimum Gasteiger partial charge on any atom is -0.467 e. The quantitative estimate of drug-likeness (QED) is 0.623. The summed E-state index contributed by atoms with van der Waals surface area (Å²) in [5.41, 5.74) is 0.986. The highest BCUT2D eigenvalue weighted by Gasteiger charge is 2.11. The summed E-state index contributed by atoms with van der Waals surface area (Å²) in [6, 6.07) is 15.8. The number of hydrogen-bond acceptors (Lipinski definition) is 7. The molecule has 0 bridgehead atoms. The number of nitrogens with zero attached hydrogens (tertiary/aromatic N) is 3. The summed E-state index contributed by atoms with van der Waals surface area (Å²) < 4.78 is 10.8. The second-order valence-corrected chi connectivity index (χ2v) is 6.64. The topological polar surface area (TPSA) is 75.5 Å². The van der Waals surface area contributed by atoms with Crippen molar-refractivity contribution in [3.63, 3.8) is 0 Å². The average molecular weight is 379 g/mol. The predicted molar refractivity (Wildman–Crippen MR) is 109 cm³/mol. The van der Waals surface area contributed by atoms with Crippen LogP contribution in [0.5, 0.6) is 0 Å². The van der Waals surface area contributed by atoms with Crippen LogP contribution in [0.2, 0.25) is 0 Å². The van der Waals surface area contributed by atoms with Crippen LogP contribution in [-0.2, 0) is 11.3 Å². The van der Waals surface area contributed by atoms with Crippen LogP contribution in [0.4, 0.5) is 11.6 Å². The zero-order chi connectivity index (χ0) is 19.0. The van der Waals surface area contributed by atoms with Gasteiger partial charge in [0.25, 0.3) is 0 Å². The number of benzene rings is 1. The molecule has 3 aromatic rings. The third-order valence-corrected chi connectivity index (χ3v) is 4.62. The molecule has 146 valence electrons. The molecule has 0 amide bonds. The molecule has 28 heavy (non-hydrogen) atoms. The van der Waals surface area contributed by atoms with Gasteiger partial charge in [-0.05, 0) is 12.1 Å². The second-order valence-electron chi connectivity index (χ2n) is 6.64. The molecule has 0 aliphatic carbocycles. The van der Waals surface area contributed by atoms with Crippen LogP contribution in [0.1, 0.15) is 5.76 Å². The van der Waals surface area contributed by atoms with Crippen molar-refractivity contribution in [1.29, 1.82) is 0 Å². The van der Waals surface area contributed by atoms with Gasteiger partial charge in [-0.3, -0.25) is 4.90 Å². The van der Waals surface area contributed by atoms with Gasteiger partial charge in [-0.2, -0.15) is 0 Å². The number of ether oxygens (including phenoxy) is 1. The summed E-state index contributed by atoms with van der Waals surface area (Å²) in [6.07, 6.45) is 1.67. The van der Waals surface area contributed by atoms with E-state index in [1.54, 1.807) is 6.26 Å². The van der Waals surface area contributed by atoms with Gasteiger partial charge in [0.1, 0.15) is 17.4 Å². The van der Waals surface area contributed by atoms with Crippen LogP contribution in [0.15, 0.2) is 59.2 Å². The Morgan fingerprint density at radius 3 is 2.46 bits per heavy atom. The largest absolute Gasteiger partial charge is 0.467 e. The lowest BCUT2D eigenvalue weighted by molar-refractivity contribution is 0.0398. The number of anilines is 2. The van der Waals surface area contributed by atoms with Gasteiger partial charge in [0, 0.05) is 37.8 Å². The molecule has 4 rings (SSSR count). The van der Waals surface area contributed by atoms with Gasteiger partial charge in [-0.15, -0.1) is 0 Å². The highest BCUT2D eigenvalue weighted by atomic mass is 16.5. The zero-order valence-electron chi connectivity index (χ0n) is 15.8. The first-order chi connectivity index (χ1) is 13.9. The maximum absolute atomic E-state index is 5.40. The van der Waals surface area contributed by atoms with Crippen molar-refractivity contribution in [3.05, 3.63) is 60.6 Å². The van der Waals surface area contributed by atoms with E-state index in [0.29, 0.717) is 12.4 Å². The normalized spacial score (nSPS) is 14.7. The van der Waals surface area contributed by atoms with Gasteiger partial charge in [-0.25, -0.2) is 9.97 Å². The van der Waals surface area contributed by atoms with Crippen LogP contribution in [0, 0.1) is 0 Å². The van der Waals surface area contributed by atoms with Gasteiger partial charge >= 0.3 is 0 Å². The molecule has 0 atom stereocenters. The molecule has 0 saturated carbocycles. The molecule has 0 radical (unpaired) electrons. The van der Waals surface area contributed by atoms with Crippen molar-refractivity contribution in [3.8, 4) is 11.4 Å². The Morgan fingerprint density at radius 2 is 1.71 bits per heavy atom. The molecule has 2 N–H and O–H groups in total. The average Bonchev–Trinajstić information content (AvgIpc) is 3.27. The Hall–Kier alpha value is -2.90. The molecule has 1 fully saturated rings. The molecule has 2 aromatic heterocycles. The van der Waals surface area contributed by atoms with Gasteiger partial charge in [0.05, 0.1) is 26.0 Å². The highest BCUT2D eigenvalue weighted by Crippen LogP contribution is 2.20. The smallest absolute Gasteiger partial charge is 0.163 e. The molecule has 1 saturated heterocycles. The molecule has 1 aliphatic rings. The van der Waals surface area contributed by atoms with Gasteiger partial charge in [0.15, 0.2) is 5.82 Å². The molecular weight excluding hydrogens is 354 g/mol. The summed E-state index contributed by atoms with van der Waals surface area (Å²) in [6.45, 7) is 5.95. The number of furan rings is 1. The SMILES string of the molecule is c1ccc(-c2nc(NCCN3CCOCC3)cc(NCc3ccco3)n2)cc1. The van der Waals surface area contributed by atoms with E-state index >= 15 is 0 Å². The Morgan fingerprint density at radius 1 is 0.929 bits per heavy atom. The van der Waals surface area contributed by atoms with Gasteiger partial charge in [0.2, 0.25) is 0 Å². The number of rotatable bonds is 8. The van der Waals surface area contributed by atoms with E-state index in [2.05, 4.69) is 20.5 Å². The summed E-state index contributed by atoms with van der Waals surface area (Å²) in [7, 11) is 0. The van der Waals surface area contributed by atoms with Gasteiger partial charge in [-0.1, -0.05) is 30.3 Å². The van der Waals surface area contributed by atoms with Crippen molar-refractivity contribution < 1.29 is 9.15 Å². The molecule has 1 aromatic carbocycles.